The third-order valence-electron chi connectivity index (χ3n) is 4.69. The van der Waals surface area contributed by atoms with E-state index in [1.807, 2.05) is 55.5 Å². The van der Waals surface area contributed by atoms with Crippen LogP contribution in [0.3, 0.4) is 0 Å². The summed E-state index contributed by atoms with van der Waals surface area (Å²) in [5.41, 5.74) is 3.98. The second-order valence-corrected chi connectivity index (χ2v) is 7.07. The van der Waals surface area contributed by atoms with Gasteiger partial charge in [-0.05, 0) is 25.0 Å². The number of nitrogens with zero attached hydrogens (tertiary/aromatic N) is 2. The number of carbonyl (C=O) groups is 1. The van der Waals surface area contributed by atoms with Gasteiger partial charge in [-0.3, -0.25) is 4.90 Å². The van der Waals surface area contributed by atoms with Crippen LogP contribution in [0.2, 0.25) is 5.02 Å². The molecule has 0 saturated carbocycles. The number of carboxylic acid groups (broad SMARTS) is 1. The Bertz CT molecular complexity index is 861. The van der Waals surface area contributed by atoms with Gasteiger partial charge in [0.2, 0.25) is 0 Å². The molecule has 0 radical (unpaired) electrons. The van der Waals surface area contributed by atoms with E-state index < -0.39 is 5.97 Å². The summed E-state index contributed by atoms with van der Waals surface area (Å²) in [6, 6.07) is 15.5. The zero-order valence-electron chi connectivity index (χ0n) is 15.8. The molecule has 0 saturated heterocycles. The van der Waals surface area contributed by atoms with Crippen molar-refractivity contribution in [2.45, 2.75) is 13.3 Å². The molecule has 146 valence electrons. The van der Waals surface area contributed by atoms with Crippen LogP contribution in [0.5, 0.6) is 0 Å². The summed E-state index contributed by atoms with van der Waals surface area (Å²) in [5.74, 6) is -0.857. The molecule has 0 atom stereocenters. The number of hydrogen-bond donors (Lipinski definition) is 1. The average Bonchev–Trinajstić information content (AvgIpc) is 2.70. The smallest absolute Gasteiger partial charge is 0.332 e. The molecular weight excluding hydrogens is 376 g/mol. The van der Waals surface area contributed by atoms with Crippen molar-refractivity contribution in [3.05, 3.63) is 81.9 Å². The van der Waals surface area contributed by atoms with Crippen LogP contribution in [-0.2, 0) is 9.63 Å². The van der Waals surface area contributed by atoms with E-state index >= 15 is 0 Å². The third kappa shape index (κ3) is 5.00. The highest BCUT2D eigenvalue weighted by molar-refractivity contribution is 6.35. The number of hydrogen-bond acceptors (Lipinski definition) is 4. The standard InChI is InChI=1S/C22H23ClN2O3/c1-16-7-2-3-9-18(16)21(19-10-4-5-11-20(19)23)24-28-14-13-25-12-6-8-17(15-25)22(26)27/h2-5,7-11H,6,12-15H2,1H3,(H,26,27)/b24-21-. The van der Waals surface area contributed by atoms with Crippen LogP contribution in [0.25, 0.3) is 0 Å². The van der Waals surface area contributed by atoms with E-state index in [4.69, 9.17) is 21.5 Å². The van der Waals surface area contributed by atoms with Gasteiger partial charge in [-0.2, -0.15) is 0 Å². The van der Waals surface area contributed by atoms with Crippen LogP contribution < -0.4 is 0 Å². The molecule has 2 aromatic rings. The summed E-state index contributed by atoms with van der Waals surface area (Å²) in [4.78, 5) is 18.8. The predicted octanol–water partition coefficient (Wildman–Crippen LogP) is 4.13. The third-order valence-corrected chi connectivity index (χ3v) is 5.02. The van der Waals surface area contributed by atoms with E-state index in [1.54, 1.807) is 6.08 Å². The number of benzene rings is 2. The molecule has 6 heteroatoms. The van der Waals surface area contributed by atoms with E-state index in [0.29, 0.717) is 36.0 Å². The second kappa shape index (κ2) is 9.53. The summed E-state index contributed by atoms with van der Waals surface area (Å²) in [7, 11) is 0. The van der Waals surface area contributed by atoms with Gasteiger partial charge in [0.25, 0.3) is 0 Å². The second-order valence-electron chi connectivity index (χ2n) is 6.67. The fourth-order valence-corrected chi connectivity index (χ4v) is 3.39. The molecule has 0 unspecified atom stereocenters. The summed E-state index contributed by atoms with van der Waals surface area (Å²) < 4.78 is 0. The lowest BCUT2D eigenvalue weighted by Gasteiger charge is -2.24. The van der Waals surface area contributed by atoms with Gasteiger partial charge in [0.05, 0.1) is 5.02 Å². The molecule has 5 nitrogen and oxygen atoms in total. The van der Waals surface area contributed by atoms with Crippen molar-refractivity contribution in [1.82, 2.24) is 4.90 Å². The van der Waals surface area contributed by atoms with Crippen molar-refractivity contribution in [3.63, 3.8) is 0 Å². The van der Waals surface area contributed by atoms with Gasteiger partial charge >= 0.3 is 5.97 Å². The van der Waals surface area contributed by atoms with Gasteiger partial charge in [0.15, 0.2) is 0 Å². The molecule has 1 N–H and O–H groups in total. The van der Waals surface area contributed by atoms with Crippen LogP contribution in [0, 0.1) is 6.92 Å². The lowest BCUT2D eigenvalue weighted by molar-refractivity contribution is -0.133. The van der Waals surface area contributed by atoms with Crippen molar-refractivity contribution in [2.24, 2.45) is 5.16 Å². The number of carboxylic acids is 1. The number of aryl methyl sites for hydroxylation is 1. The topological polar surface area (TPSA) is 62.1 Å². The Kier molecular flexibility index (Phi) is 6.85. The van der Waals surface area contributed by atoms with Crippen LogP contribution in [-0.4, -0.2) is 47.9 Å². The van der Waals surface area contributed by atoms with Crippen LogP contribution >= 0.6 is 11.6 Å². The maximum absolute atomic E-state index is 11.1. The number of aliphatic carboxylic acids is 1. The predicted molar refractivity (Wildman–Crippen MR) is 111 cm³/mol. The highest BCUT2D eigenvalue weighted by Gasteiger charge is 2.17. The minimum atomic E-state index is -0.857. The van der Waals surface area contributed by atoms with Crippen LogP contribution in [0.1, 0.15) is 23.1 Å². The number of oxime groups is 1. The summed E-state index contributed by atoms with van der Waals surface area (Å²) >= 11 is 6.40. The van der Waals surface area contributed by atoms with E-state index in [2.05, 4.69) is 10.1 Å². The summed E-state index contributed by atoms with van der Waals surface area (Å²) in [6.07, 6.45) is 2.52. The average molecular weight is 399 g/mol. The van der Waals surface area contributed by atoms with Gasteiger partial charge < -0.3 is 9.94 Å². The van der Waals surface area contributed by atoms with Crippen molar-refractivity contribution >= 4 is 23.3 Å². The maximum atomic E-state index is 11.1. The summed E-state index contributed by atoms with van der Waals surface area (Å²) in [6.45, 7) is 4.25. The van der Waals surface area contributed by atoms with Crippen LogP contribution in [0.15, 0.2) is 65.3 Å². The van der Waals surface area contributed by atoms with Crippen molar-refractivity contribution in [1.29, 1.82) is 0 Å². The SMILES string of the molecule is Cc1ccccc1/C(=N/OCCN1CCC=C(C(=O)O)C1)c1ccccc1Cl. The monoisotopic (exact) mass is 398 g/mol. The van der Waals surface area contributed by atoms with Gasteiger partial charge in [0.1, 0.15) is 12.3 Å². The van der Waals surface area contributed by atoms with E-state index in [1.165, 1.54) is 0 Å². The first-order valence-electron chi connectivity index (χ1n) is 9.22. The van der Waals surface area contributed by atoms with Crippen LogP contribution in [0.4, 0.5) is 0 Å². The van der Waals surface area contributed by atoms with Gasteiger partial charge in [-0.1, -0.05) is 65.3 Å². The molecule has 0 bridgehead atoms. The van der Waals surface area contributed by atoms with Crippen molar-refractivity contribution < 1.29 is 14.7 Å². The quantitative estimate of drug-likeness (QED) is 0.432. The molecule has 0 fully saturated rings. The number of rotatable bonds is 7. The molecular formula is C22H23ClN2O3. The molecule has 0 spiro atoms. The molecule has 1 aliphatic heterocycles. The molecule has 28 heavy (non-hydrogen) atoms. The van der Waals surface area contributed by atoms with E-state index in [0.717, 1.165) is 29.7 Å². The first kappa shape index (κ1) is 20.1. The molecule has 0 amide bonds. The minimum absolute atomic E-state index is 0.368. The Morgan fingerprint density at radius 2 is 1.89 bits per heavy atom. The lowest BCUT2D eigenvalue weighted by Crippen LogP contribution is -2.34. The zero-order chi connectivity index (χ0) is 19.9. The molecule has 0 aliphatic carbocycles. The Labute approximate surface area is 169 Å². The molecule has 3 rings (SSSR count). The highest BCUT2D eigenvalue weighted by Crippen LogP contribution is 2.22. The zero-order valence-corrected chi connectivity index (χ0v) is 16.5. The normalized spacial score (nSPS) is 15.2. The molecule has 0 aromatic heterocycles. The summed E-state index contributed by atoms with van der Waals surface area (Å²) in [5, 5.41) is 14.2. The number of halogens is 1. The minimum Gasteiger partial charge on any atom is -0.478 e. The Hall–Kier alpha value is -2.63. The fourth-order valence-electron chi connectivity index (χ4n) is 3.17. The maximum Gasteiger partial charge on any atom is 0.332 e. The molecule has 2 aromatic carbocycles. The fraction of sp³-hybridized carbons (Fsp3) is 0.273. The van der Waals surface area contributed by atoms with E-state index in [-0.39, 0.29) is 0 Å². The van der Waals surface area contributed by atoms with Gasteiger partial charge in [-0.25, -0.2) is 4.79 Å². The Morgan fingerprint density at radius 3 is 2.61 bits per heavy atom. The van der Waals surface area contributed by atoms with E-state index in [9.17, 15) is 4.79 Å². The van der Waals surface area contributed by atoms with Gasteiger partial charge in [0, 0.05) is 36.3 Å². The van der Waals surface area contributed by atoms with Crippen molar-refractivity contribution in [2.75, 3.05) is 26.2 Å². The lowest BCUT2D eigenvalue weighted by atomic mass is 9.98. The molecule has 1 heterocycles. The largest absolute Gasteiger partial charge is 0.478 e. The van der Waals surface area contributed by atoms with Gasteiger partial charge in [-0.15, -0.1) is 0 Å². The Balaban J connectivity index is 1.72. The first-order valence-corrected chi connectivity index (χ1v) is 9.59. The highest BCUT2D eigenvalue weighted by atomic mass is 35.5. The Morgan fingerprint density at radius 1 is 1.18 bits per heavy atom. The molecule has 1 aliphatic rings. The van der Waals surface area contributed by atoms with Crippen molar-refractivity contribution in [3.8, 4) is 0 Å². The first-order chi connectivity index (χ1) is 13.6.